The lowest BCUT2D eigenvalue weighted by Gasteiger charge is -2.37. The minimum atomic E-state index is -0.148. The number of rotatable bonds is 6. The first-order valence-corrected chi connectivity index (χ1v) is 8.38. The molecule has 1 aliphatic rings. The second-order valence-corrected chi connectivity index (χ2v) is 6.48. The van der Waals surface area contributed by atoms with E-state index in [9.17, 15) is 4.79 Å². The molecule has 134 valence electrons. The van der Waals surface area contributed by atoms with E-state index in [1.54, 1.807) is 14.2 Å². The number of piperazine rings is 1. The quantitative estimate of drug-likeness (QED) is 0.854. The van der Waals surface area contributed by atoms with Gasteiger partial charge in [-0.2, -0.15) is 0 Å². The van der Waals surface area contributed by atoms with Crippen molar-refractivity contribution in [2.45, 2.75) is 25.9 Å². The largest absolute Gasteiger partial charge is 0.497 e. The summed E-state index contributed by atoms with van der Waals surface area (Å²) in [5.41, 5.74) is 0.914. The minimum absolute atomic E-state index is 0.0313. The first-order valence-electron chi connectivity index (χ1n) is 8.38. The highest BCUT2D eigenvalue weighted by Crippen LogP contribution is 2.29. The van der Waals surface area contributed by atoms with E-state index in [1.165, 1.54) is 0 Å². The molecule has 1 fully saturated rings. The number of hydrogen-bond donors (Lipinski definition) is 1. The second kappa shape index (κ2) is 8.35. The molecule has 0 bridgehead atoms. The molecule has 6 heteroatoms. The number of nitrogens with zero attached hydrogens (tertiary/aromatic N) is 2. The van der Waals surface area contributed by atoms with Gasteiger partial charge >= 0.3 is 0 Å². The average molecular weight is 335 g/mol. The third-order valence-electron chi connectivity index (χ3n) is 4.60. The van der Waals surface area contributed by atoms with Crippen molar-refractivity contribution < 1.29 is 14.3 Å². The van der Waals surface area contributed by atoms with E-state index in [1.807, 2.05) is 25.1 Å². The Bertz CT molecular complexity index is 564. The number of ether oxygens (including phenoxy) is 2. The topological polar surface area (TPSA) is 54.0 Å². The number of carbonyl (C=O) groups excluding carboxylic acids is 1. The molecule has 0 unspecified atom stereocenters. The molecule has 1 aliphatic heterocycles. The summed E-state index contributed by atoms with van der Waals surface area (Å²) in [5.74, 6) is 1.53. The van der Waals surface area contributed by atoms with Gasteiger partial charge in [-0.25, -0.2) is 0 Å². The molecular weight excluding hydrogens is 306 g/mol. The molecule has 0 aromatic heterocycles. The Morgan fingerprint density at radius 2 is 2.08 bits per heavy atom. The van der Waals surface area contributed by atoms with Gasteiger partial charge in [0, 0.05) is 31.2 Å². The van der Waals surface area contributed by atoms with Crippen LogP contribution in [0.15, 0.2) is 18.2 Å². The van der Waals surface area contributed by atoms with Crippen molar-refractivity contribution in [3.8, 4) is 11.5 Å². The van der Waals surface area contributed by atoms with Gasteiger partial charge in [-0.3, -0.25) is 9.69 Å². The van der Waals surface area contributed by atoms with Crippen molar-refractivity contribution in [3.63, 3.8) is 0 Å². The van der Waals surface area contributed by atoms with Crippen LogP contribution in [-0.4, -0.2) is 69.2 Å². The Morgan fingerprint density at radius 1 is 1.33 bits per heavy atom. The standard InChI is InChI=1S/C18H29N3O3/c1-13-11-20(3)8-9-21(13)12-18(22)19-14(2)16-10-15(23-4)6-7-17(16)24-5/h6-7,10,13-14H,8-9,11-12H2,1-5H3,(H,19,22)/t13-,14-/m0/s1. The molecule has 1 aromatic carbocycles. The van der Waals surface area contributed by atoms with E-state index in [0.717, 1.165) is 36.7 Å². The summed E-state index contributed by atoms with van der Waals surface area (Å²) < 4.78 is 10.7. The molecule has 1 aromatic rings. The summed E-state index contributed by atoms with van der Waals surface area (Å²) >= 11 is 0. The molecule has 1 saturated heterocycles. The van der Waals surface area contributed by atoms with Crippen LogP contribution >= 0.6 is 0 Å². The first kappa shape index (κ1) is 18.5. The zero-order valence-electron chi connectivity index (χ0n) is 15.3. The predicted molar refractivity (Wildman–Crippen MR) is 94.6 cm³/mol. The molecule has 0 saturated carbocycles. The fourth-order valence-electron chi connectivity index (χ4n) is 3.14. The maximum Gasteiger partial charge on any atom is 0.234 e. The lowest BCUT2D eigenvalue weighted by atomic mass is 10.1. The molecular formula is C18H29N3O3. The molecule has 24 heavy (non-hydrogen) atoms. The molecule has 0 radical (unpaired) electrons. The van der Waals surface area contributed by atoms with Crippen LogP contribution in [0, 0.1) is 0 Å². The van der Waals surface area contributed by atoms with Gasteiger partial charge in [0.15, 0.2) is 0 Å². The molecule has 1 heterocycles. The number of hydrogen-bond acceptors (Lipinski definition) is 5. The number of carbonyl (C=O) groups is 1. The highest BCUT2D eigenvalue weighted by molar-refractivity contribution is 5.78. The van der Waals surface area contributed by atoms with Crippen LogP contribution in [0.5, 0.6) is 11.5 Å². The van der Waals surface area contributed by atoms with E-state index >= 15 is 0 Å². The van der Waals surface area contributed by atoms with Crippen molar-refractivity contribution in [1.29, 1.82) is 0 Å². The van der Waals surface area contributed by atoms with E-state index in [2.05, 4.69) is 29.1 Å². The third kappa shape index (κ3) is 4.61. The second-order valence-electron chi connectivity index (χ2n) is 6.48. The van der Waals surface area contributed by atoms with Crippen LogP contribution in [0.1, 0.15) is 25.5 Å². The zero-order valence-corrected chi connectivity index (χ0v) is 15.3. The van der Waals surface area contributed by atoms with Gasteiger partial charge in [-0.1, -0.05) is 0 Å². The summed E-state index contributed by atoms with van der Waals surface area (Å²) in [6.07, 6.45) is 0. The van der Waals surface area contributed by atoms with Gasteiger partial charge in [0.05, 0.1) is 26.8 Å². The number of nitrogens with one attached hydrogen (secondary N) is 1. The number of benzene rings is 1. The van der Waals surface area contributed by atoms with Crippen molar-refractivity contribution in [2.24, 2.45) is 0 Å². The van der Waals surface area contributed by atoms with Crippen molar-refractivity contribution >= 4 is 5.91 Å². The minimum Gasteiger partial charge on any atom is -0.497 e. The summed E-state index contributed by atoms with van der Waals surface area (Å²) in [6.45, 7) is 7.46. The Labute approximate surface area is 144 Å². The summed E-state index contributed by atoms with van der Waals surface area (Å²) in [5, 5.41) is 3.07. The number of amides is 1. The van der Waals surface area contributed by atoms with E-state index < -0.39 is 0 Å². The molecule has 2 atom stereocenters. The van der Waals surface area contributed by atoms with Crippen LogP contribution in [0.2, 0.25) is 0 Å². The Balaban J connectivity index is 1.98. The molecule has 0 spiro atoms. The van der Waals surface area contributed by atoms with Gasteiger partial charge < -0.3 is 19.7 Å². The average Bonchev–Trinajstić information content (AvgIpc) is 2.56. The molecule has 6 nitrogen and oxygen atoms in total. The Morgan fingerprint density at radius 3 is 2.71 bits per heavy atom. The van der Waals surface area contributed by atoms with Gasteiger partial charge in [-0.15, -0.1) is 0 Å². The molecule has 1 amide bonds. The summed E-state index contributed by atoms with van der Waals surface area (Å²) in [6, 6.07) is 5.85. The Hall–Kier alpha value is -1.79. The molecule has 2 rings (SSSR count). The zero-order chi connectivity index (χ0) is 17.7. The molecule has 1 N–H and O–H groups in total. The van der Waals surface area contributed by atoms with Gasteiger partial charge in [0.1, 0.15) is 11.5 Å². The smallest absolute Gasteiger partial charge is 0.234 e. The van der Waals surface area contributed by atoms with Gasteiger partial charge in [0.2, 0.25) is 5.91 Å². The normalized spacial score (nSPS) is 20.5. The fraction of sp³-hybridized carbons (Fsp3) is 0.611. The van der Waals surface area contributed by atoms with Crippen LogP contribution < -0.4 is 14.8 Å². The Kier molecular flexibility index (Phi) is 6.45. The third-order valence-corrected chi connectivity index (χ3v) is 4.60. The highest BCUT2D eigenvalue weighted by atomic mass is 16.5. The monoisotopic (exact) mass is 335 g/mol. The van der Waals surface area contributed by atoms with Crippen LogP contribution in [0.25, 0.3) is 0 Å². The number of likely N-dealkylation sites (N-methyl/N-ethyl adjacent to an activating group) is 1. The highest BCUT2D eigenvalue weighted by Gasteiger charge is 2.24. The predicted octanol–water partition coefficient (Wildman–Crippen LogP) is 1.52. The van der Waals surface area contributed by atoms with Gasteiger partial charge in [0.25, 0.3) is 0 Å². The number of methoxy groups -OCH3 is 2. The maximum absolute atomic E-state index is 12.4. The SMILES string of the molecule is COc1ccc(OC)c([C@H](C)NC(=O)CN2CCN(C)C[C@@H]2C)c1. The first-order chi connectivity index (χ1) is 11.4. The van der Waals surface area contributed by atoms with Gasteiger partial charge in [-0.05, 0) is 39.1 Å². The maximum atomic E-state index is 12.4. The van der Waals surface area contributed by atoms with E-state index in [4.69, 9.17) is 9.47 Å². The van der Waals surface area contributed by atoms with E-state index in [-0.39, 0.29) is 11.9 Å². The summed E-state index contributed by atoms with van der Waals surface area (Å²) in [7, 11) is 5.38. The van der Waals surface area contributed by atoms with Crippen molar-refractivity contribution in [3.05, 3.63) is 23.8 Å². The summed E-state index contributed by atoms with van der Waals surface area (Å²) in [4.78, 5) is 17.0. The van der Waals surface area contributed by atoms with Crippen LogP contribution in [-0.2, 0) is 4.79 Å². The lowest BCUT2D eigenvalue weighted by Crippen LogP contribution is -2.53. The van der Waals surface area contributed by atoms with Crippen molar-refractivity contribution in [2.75, 3.05) is 47.4 Å². The van der Waals surface area contributed by atoms with E-state index in [0.29, 0.717) is 12.6 Å². The van der Waals surface area contributed by atoms with Crippen molar-refractivity contribution in [1.82, 2.24) is 15.1 Å². The van der Waals surface area contributed by atoms with Crippen LogP contribution in [0.4, 0.5) is 0 Å². The van der Waals surface area contributed by atoms with Crippen LogP contribution in [0.3, 0.4) is 0 Å². The lowest BCUT2D eigenvalue weighted by molar-refractivity contribution is -0.124. The molecule has 0 aliphatic carbocycles. The fourth-order valence-corrected chi connectivity index (χ4v) is 3.14.